The molecule has 3 saturated carbocycles. The average Bonchev–Trinajstić information content (AvgIpc) is 3.14. The van der Waals surface area contributed by atoms with Gasteiger partial charge in [-0.25, -0.2) is 0 Å². The van der Waals surface area contributed by atoms with Gasteiger partial charge in [0, 0.05) is 35.4 Å². The zero-order chi connectivity index (χ0) is 16.3. The molecule has 3 nitrogen and oxygen atoms in total. The van der Waals surface area contributed by atoms with Gasteiger partial charge in [0.1, 0.15) is 11.6 Å². The molecule has 6 rings (SSSR count). The molecule has 2 aromatic rings. The van der Waals surface area contributed by atoms with Crippen LogP contribution in [0.15, 0.2) is 36.5 Å². The maximum atomic E-state index is 12.8. The summed E-state index contributed by atoms with van der Waals surface area (Å²) >= 11 is 0. The van der Waals surface area contributed by atoms with E-state index in [0.717, 1.165) is 11.3 Å². The van der Waals surface area contributed by atoms with Crippen LogP contribution < -0.4 is 0 Å². The predicted octanol–water partition coefficient (Wildman–Crippen LogP) is 3.27. The molecule has 0 N–H and O–H groups in total. The van der Waals surface area contributed by atoms with Crippen molar-refractivity contribution in [3.63, 3.8) is 0 Å². The van der Waals surface area contributed by atoms with Crippen LogP contribution in [-0.2, 0) is 20.4 Å². The first-order chi connectivity index (χ1) is 11.5. The summed E-state index contributed by atoms with van der Waals surface area (Å²) < 4.78 is 0. The molecular weight excluding hydrogens is 298 g/mol. The number of benzene rings is 1. The lowest BCUT2D eigenvalue weighted by Crippen LogP contribution is -2.48. The van der Waals surface area contributed by atoms with E-state index in [4.69, 9.17) is 0 Å². The van der Waals surface area contributed by atoms with Gasteiger partial charge in [0.15, 0.2) is 0 Å². The maximum absolute atomic E-state index is 12.8. The number of carbonyl (C=O) groups is 2. The quantitative estimate of drug-likeness (QED) is 0.701. The summed E-state index contributed by atoms with van der Waals surface area (Å²) in [5, 5.41) is 0. The van der Waals surface area contributed by atoms with Crippen molar-refractivity contribution in [1.82, 2.24) is 4.98 Å². The number of hydrogen-bond donors (Lipinski definition) is 0. The van der Waals surface area contributed by atoms with Crippen LogP contribution in [-0.4, -0.2) is 16.6 Å². The van der Waals surface area contributed by atoms with Gasteiger partial charge in [-0.3, -0.25) is 14.6 Å². The number of aromatic nitrogens is 1. The summed E-state index contributed by atoms with van der Waals surface area (Å²) in [5.74, 6) is 0.354. The van der Waals surface area contributed by atoms with Crippen molar-refractivity contribution < 1.29 is 9.59 Å². The van der Waals surface area contributed by atoms with E-state index in [0.29, 0.717) is 25.7 Å². The fourth-order valence-corrected chi connectivity index (χ4v) is 6.49. The van der Waals surface area contributed by atoms with E-state index in [-0.39, 0.29) is 22.4 Å². The van der Waals surface area contributed by atoms with Crippen molar-refractivity contribution >= 4 is 11.6 Å². The van der Waals surface area contributed by atoms with Crippen LogP contribution in [0.2, 0.25) is 0 Å². The third kappa shape index (κ3) is 1.06. The third-order valence-electron chi connectivity index (χ3n) is 7.38. The second-order valence-electron chi connectivity index (χ2n) is 8.25. The molecule has 3 atom stereocenters. The van der Waals surface area contributed by atoms with Gasteiger partial charge >= 0.3 is 0 Å². The molecule has 3 unspecified atom stereocenters. The number of hydrogen-bond acceptors (Lipinski definition) is 3. The SMILES string of the molecule is Cc1ccc2c(c1)C13CC(=O)C4(C1)CC3(CC4=O)c1cccnc1-2. The minimum Gasteiger partial charge on any atom is -0.299 e. The molecular formula is C21H17NO2. The van der Waals surface area contributed by atoms with Crippen LogP contribution in [0.25, 0.3) is 11.3 Å². The number of rotatable bonds is 0. The number of fused-ring (bicyclic) bond motifs is 3. The molecule has 0 saturated heterocycles. The van der Waals surface area contributed by atoms with Gasteiger partial charge in [0.25, 0.3) is 0 Å². The Bertz CT molecular complexity index is 993. The summed E-state index contributed by atoms with van der Waals surface area (Å²) in [6.07, 6.45) is 4.27. The van der Waals surface area contributed by atoms with E-state index >= 15 is 0 Å². The first-order valence-electron chi connectivity index (χ1n) is 8.66. The van der Waals surface area contributed by atoms with Crippen LogP contribution in [0.5, 0.6) is 0 Å². The number of aryl methyl sites for hydroxylation is 1. The predicted molar refractivity (Wildman–Crippen MR) is 88.7 cm³/mol. The highest BCUT2D eigenvalue weighted by molar-refractivity contribution is 6.15. The highest BCUT2D eigenvalue weighted by Crippen LogP contribution is 2.78. The minimum atomic E-state index is -0.710. The number of ketones is 2. The zero-order valence-corrected chi connectivity index (χ0v) is 13.6. The molecule has 3 heteroatoms. The molecule has 3 fully saturated rings. The number of nitrogens with zero attached hydrogens (tertiary/aromatic N) is 1. The molecule has 0 radical (unpaired) electrons. The number of carbonyl (C=O) groups excluding carboxylic acids is 2. The Morgan fingerprint density at radius 1 is 0.958 bits per heavy atom. The Morgan fingerprint density at radius 2 is 1.67 bits per heavy atom. The summed E-state index contributed by atoms with van der Waals surface area (Å²) in [6.45, 7) is 2.10. The van der Waals surface area contributed by atoms with Gasteiger partial charge in [0.2, 0.25) is 0 Å². The molecule has 1 heterocycles. The number of pyridine rings is 1. The van der Waals surface area contributed by atoms with E-state index in [1.807, 2.05) is 12.3 Å². The van der Waals surface area contributed by atoms with Crippen LogP contribution in [0.4, 0.5) is 0 Å². The monoisotopic (exact) mass is 315 g/mol. The molecule has 1 aromatic heterocycles. The Morgan fingerprint density at radius 3 is 2.42 bits per heavy atom. The maximum Gasteiger partial charge on any atom is 0.147 e. The second-order valence-corrected chi connectivity index (χ2v) is 8.25. The van der Waals surface area contributed by atoms with E-state index < -0.39 is 5.41 Å². The normalized spacial score (nSPS) is 37.4. The van der Waals surface area contributed by atoms with Gasteiger partial charge in [-0.1, -0.05) is 29.8 Å². The first-order valence-corrected chi connectivity index (χ1v) is 8.66. The van der Waals surface area contributed by atoms with Crippen molar-refractivity contribution in [2.24, 2.45) is 5.41 Å². The smallest absolute Gasteiger partial charge is 0.147 e. The van der Waals surface area contributed by atoms with Gasteiger partial charge in [-0.05, 0) is 37.0 Å². The highest BCUT2D eigenvalue weighted by Gasteiger charge is 2.80. The summed E-state index contributed by atoms with van der Waals surface area (Å²) in [5.41, 5.74) is 4.71. The Balaban J connectivity index is 1.79. The lowest BCUT2D eigenvalue weighted by Gasteiger charge is -2.50. The topological polar surface area (TPSA) is 47.0 Å². The second kappa shape index (κ2) is 3.53. The van der Waals surface area contributed by atoms with Crippen molar-refractivity contribution in [3.05, 3.63) is 53.2 Å². The van der Waals surface area contributed by atoms with E-state index in [2.05, 4.69) is 36.2 Å². The van der Waals surface area contributed by atoms with E-state index in [9.17, 15) is 9.59 Å². The van der Waals surface area contributed by atoms with Crippen molar-refractivity contribution in [2.45, 2.75) is 43.4 Å². The summed E-state index contributed by atoms with van der Waals surface area (Å²) in [6, 6.07) is 10.6. The van der Waals surface area contributed by atoms with Crippen LogP contribution in [0, 0.1) is 12.3 Å². The highest BCUT2D eigenvalue weighted by atomic mass is 16.2. The van der Waals surface area contributed by atoms with Gasteiger partial charge < -0.3 is 0 Å². The summed E-state index contributed by atoms with van der Waals surface area (Å²) in [4.78, 5) is 30.4. The average molecular weight is 315 g/mol. The van der Waals surface area contributed by atoms with Gasteiger partial charge in [-0.2, -0.15) is 0 Å². The molecule has 0 aliphatic heterocycles. The molecule has 3 spiro atoms. The zero-order valence-electron chi connectivity index (χ0n) is 13.6. The Hall–Kier alpha value is -2.29. The van der Waals surface area contributed by atoms with Gasteiger partial charge in [0.05, 0.1) is 11.1 Å². The standard InChI is InChI=1S/C21H17NO2/c1-12-4-5-13-15(7-12)21-9-17(24)19(11-21)10-20(21,8-16(19)23)14-3-2-6-22-18(13)14/h2-7H,8-11H2,1H3. The van der Waals surface area contributed by atoms with Gasteiger partial charge in [-0.15, -0.1) is 0 Å². The fourth-order valence-electron chi connectivity index (χ4n) is 6.49. The van der Waals surface area contributed by atoms with Crippen LogP contribution >= 0.6 is 0 Å². The molecule has 1 aromatic carbocycles. The van der Waals surface area contributed by atoms with Crippen molar-refractivity contribution in [2.75, 3.05) is 0 Å². The molecule has 3 bridgehead atoms. The lowest BCUT2D eigenvalue weighted by atomic mass is 9.52. The molecule has 4 aliphatic rings. The summed E-state index contributed by atoms with van der Waals surface area (Å²) in [7, 11) is 0. The minimum absolute atomic E-state index is 0.173. The van der Waals surface area contributed by atoms with E-state index in [1.54, 1.807) is 0 Å². The Kier molecular flexibility index (Phi) is 1.92. The lowest BCUT2D eigenvalue weighted by molar-refractivity contribution is -0.136. The van der Waals surface area contributed by atoms with Crippen molar-refractivity contribution in [3.8, 4) is 11.3 Å². The van der Waals surface area contributed by atoms with E-state index in [1.165, 1.54) is 16.7 Å². The molecule has 0 amide bonds. The molecule has 4 aliphatic carbocycles. The molecule has 24 heavy (non-hydrogen) atoms. The number of Topliss-reactive ketones (excluding diaryl/α,β-unsaturated/α-hetero) is 2. The molecule has 118 valence electrons. The fraction of sp³-hybridized carbons (Fsp3) is 0.381. The third-order valence-corrected chi connectivity index (χ3v) is 7.38. The van der Waals surface area contributed by atoms with Crippen LogP contribution in [0.3, 0.4) is 0 Å². The Labute approximate surface area is 140 Å². The van der Waals surface area contributed by atoms with Crippen LogP contribution in [0.1, 0.15) is 42.4 Å². The first kappa shape index (κ1) is 13.1. The largest absolute Gasteiger partial charge is 0.299 e. The van der Waals surface area contributed by atoms with Crippen molar-refractivity contribution in [1.29, 1.82) is 0 Å².